The Hall–Kier alpha value is -3.02. The quantitative estimate of drug-likeness (QED) is 0.500. The predicted molar refractivity (Wildman–Crippen MR) is 135 cm³/mol. The highest BCUT2D eigenvalue weighted by atomic mass is 32.2. The Kier molecular flexibility index (Phi) is 6.48. The number of carbonyl (C=O) groups is 1. The van der Waals surface area contributed by atoms with Crippen LogP contribution in [-0.4, -0.2) is 56.4 Å². The van der Waals surface area contributed by atoms with Gasteiger partial charge in [-0.05, 0) is 61.8 Å². The molecule has 5 rings (SSSR count). The lowest BCUT2D eigenvalue weighted by Gasteiger charge is -2.34. The zero-order valence-electron chi connectivity index (χ0n) is 20.1. The SMILES string of the molecule is Cc1cc(NC(=O)c2ncc(N[SH](=O)=O)nc2N2CCC3(CC2)CC3)cc(N2CCC(F)(F)CC2)c1. The number of nitrogens with one attached hydrogen (secondary N) is 2. The minimum Gasteiger partial charge on any atom is -0.371 e. The Balaban J connectivity index is 1.38. The van der Waals surface area contributed by atoms with Gasteiger partial charge in [0.1, 0.15) is 0 Å². The normalized spacial score (nSPS) is 20.4. The van der Waals surface area contributed by atoms with Crippen molar-refractivity contribution in [3.63, 3.8) is 0 Å². The van der Waals surface area contributed by atoms with E-state index in [9.17, 15) is 22.0 Å². The second kappa shape index (κ2) is 9.45. The highest BCUT2D eigenvalue weighted by Crippen LogP contribution is 2.54. The zero-order valence-corrected chi connectivity index (χ0v) is 21.0. The third-order valence-corrected chi connectivity index (χ3v) is 7.85. The second-order valence-electron chi connectivity index (χ2n) is 10.1. The Morgan fingerprint density at radius 3 is 2.28 bits per heavy atom. The van der Waals surface area contributed by atoms with Gasteiger partial charge >= 0.3 is 0 Å². The van der Waals surface area contributed by atoms with Crippen molar-refractivity contribution in [3.05, 3.63) is 35.7 Å². The van der Waals surface area contributed by atoms with Crippen molar-refractivity contribution in [3.8, 4) is 0 Å². The number of benzene rings is 1. The Bertz CT molecular complexity index is 1220. The molecular weight excluding hydrogens is 490 g/mol. The van der Waals surface area contributed by atoms with Gasteiger partial charge in [0.2, 0.25) is 10.9 Å². The van der Waals surface area contributed by atoms with E-state index in [2.05, 4.69) is 20.0 Å². The lowest BCUT2D eigenvalue weighted by atomic mass is 9.93. The summed E-state index contributed by atoms with van der Waals surface area (Å²) in [5.41, 5.74) is 2.71. The molecule has 3 aliphatic rings. The third kappa shape index (κ3) is 5.53. The third-order valence-electron chi connectivity index (χ3n) is 7.44. The van der Waals surface area contributed by atoms with Gasteiger partial charge in [-0.1, -0.05) is 0 Å². The first-order valence-electron chi connectivity index (χ1n) is 12.2. The molecule has 1 saturated carbocycles. The number of carbonyl (C=O) groups excluding carboxylic acids is 1. The number of nitrogens with zero attached hydrogens (tertiary/aromatic N) is 4. The van der Waals surface area contributed by atoms with Crippen LogP contribution in [-0.2, 0) is 10.9 Å². The molecule has 1 amide bonds. The highest BCUT2D eigenvalue weighted by molar-refractivity contribution is 7.73. The molecule has 0 radical (unpaired) electrons. The lowest BCUT2D eigenvalue weighted by Crippen LogP contribution is -2.39. The molecule has 2 aliphatic heterocycles. The zero-order chi connectivity index (χ0) is 25.5. The fourth-order valence-electron chi connectivity index (χ4n) is 5.08. The average molecular weight is 521 g/mol. The van der Waals surface area contributed by atoms with Crippen LogP contribution in [0.4, 0.5) is 31.8 Å². The lowest BCUT2D eigenvalue weighted by molar-refractivity contribution is -0.0220. The predicted octanol–water partition coefficient (Wildman–Crippen LogP) is 3.59. The molecule has 194 valence electrons. The van der Waals surface area contributed by atoms with Crippen molar-refractivity contribution in [1.82, 2.24) is 9.97 Å². The van der Waals surface area contributed by atoms with Crippen LogP contribution in [0.15, 0.2) is 24.4 Å². The van der Waals surface area contributed by atoms with E-state index in [1.54, 1.807) is 6.07 Å². The molecule has 2 N–H and O–H groups in total. The van der Waals surface area contributed by atoms with Crippen LogP contribution >= 0.6 is 0 Å². The first kappa shape index (κ1) is 24.7. The maximum Gasteiger partial charge on any atom is 0.278 e. The largest absolute Gasteiger partial charge is 0.371 e. The first-order valence-corrected chi connectivity index (χ1v) is 13.4. The van der Waals surface area contributed by atoms with Crippen LogP contribution in [0.3, 0.4) is 0 Å². The summed E-state index contributed by atoms with van der Waals surface area (Å²) in [6.45, 7) is 3.81. The molecule has 1 aliphatic carbocycles. The number of piperidine rings is 2. The number of hydrogen-bond donors (Lipinski definition) is 3. The number of thiol groups is 1. The molecule has 0 atom stereocenters. The Morgan fingerprint density at radius 2 is 1.64 bits per heavy atom. The maximum atomic E-state index is 13.6. The molecule has 3 fully saturated rings. The summed E-state index contributed by atoms with van der Waals surface area (Å²) in [6.07, 6.45) is 5.27. The van der Waals surface area contributed by atoms with Crippen LogP contribution in [0.2, 0.25) is 0 Å². The monoisotopic (exact) mass is 520 g/mol. The second-order valence-corrected chi connectivity index (χ2v) is 10.9. The molecule has 2 saturated heterocycles. The van der Waals surface area contributed by atoms with Crippen LogP contribution < -0.4 is 19.8 Å². The Labute approximate surface area is 210 Å². The van der Waals surface area contributed by atoms with Gasteiger partial charge in [-0.15, -0.1) is 0 Å². The van der Waals surface area contributed by atoms with E-state index < -0.39 is 22.7 Å². The smallest absolute Gasteiger partial charge is 0.278 e. The van der Waals surface area contributed by atoms with E-state index in [-0.39, 0.29) is 37.4 Å². The van der Waals surface area contributed by atoms with E-state index in [1.165, 1.54) is 19.0 Å². The molecule has 1 aromatic carbocycles. The number of halogens is 2. The minimum absolute atomic E-state index is 0.0594. The van der Waals surface area contributed by atoms with Crippen LogP contribution in [0.25, 0.3) is 0 Å². The number of aromatic nitrogens is 2. The molecule has 0 unspecified atom stereocenters. The van der Waals surface area contributed by atoms with Crippen LogP contribution in [0, 0.1) is 12.3 Å². The van der Waals surface area contributed by atoms with Gasteiger partial charge in [0, 0.05) is 50.4 Å². The van der Waals surface area contributed by atoms with Crippen LogP contribution in [0.1, 0.15) is 54.6 Å². The summed E-state index contributed by atoms with van der Waals surface area (Å²) in [6, 6.07) is 5.50. The average Bonchev–Trinajstić information content (AvgIpc) is 3.57. The van der Waals surface area contributed by atoms with Gasteiger partial charge in [0.15, 0.2) is 17.3 Å². The fraction of sp³-hybridized carbons (Fsp3) is 0.542. The number of rotatable bonds is 6. The van der Waals surface area contributed by atoms with Gasteiger partial charge in [-0.3, -0.25) is 9.52 Å². The summed E-state index contributed by atoms with van der Waals surface area (Å²) < 4.78 is 51.8. The molecule has 3 heterocycles. The molecule has 36 heavy (non-hydrogen) atoms. The van der Waals surface area contributed by atoms with E-state index in [1.807, 2.05) is 28.9 Å². The van der Waals surface area contributed by atoms with Crippen molar-refractivity contribution >= 4 is 39.8 Å². The maximum absolute atomic E-state index is 13.6. The van der Waals surface area contributed by atoms with Crippen LogP contribution in [0.5, 0.6) is 0 Å². The number of anilines is 4. The van der Waals surface area contributed by atoms with Gasteiger partial charge in [-0.25, -0.2) is 27.2 Å². The molecule has 2 aromatic rings. The number of amides is 1. The van der Waals surface area contributed by atoms with Gasteiger partial charge < -0.3 is 15.1 Å². The summed E-state index contributed by atoms with van der Waals surface area (Å²) in [4.78, 5) is 25.9. The summed E-state index contributed by atoms with van der Waals surface area (Å²) in [5, 5.41) is 2.88. The van der Waals surface area contributed by atoms with Crippen molar-refractivity contribution in [2.24, 2.45) is 5.41 Å². The first-order chi connectivity index (χ1) is 17.1. The molecular formula is C24H30F2N6O3S. The highest BCUT2D eigenvalue weighted by Gasteiger charge is 2.45. The van der Waals surface area contributed by atoms with Gasteiger partial charge in [0.25, 0.3) is 11.8 Å². The number of hydrogen-bond acceptors (Lipinski definition) is 7. The van der Waals surface area contributed by atoms with Crippen molar-refractivity contribution in [2.75, 3.05) is 46.0 Å². The topological polar surface area (TPSA) is 108 Å². The molecule has 9 nitrogen and oxygen atoms in total. The molecule has 0 bridgehead atoms. The summed E-state index contributed by atoms with van der Waals surface area (Å²) >= 11 is 0. The van der Waals surface area contributed by atoms with Crippen molar-refractivity contribution < 1.29 is 22.0 Å². The number of aryl methyl sites for hydroxylation is 1. The van der Waals surface area contributed by atoms with Crippen molar-refractivity contribution in [2.45, 2.75) is 51.4 Å². The van der Waals surface area contributed by atoms with Gasteiger partial charge in [0.05, 0.1) is 6.20 Å². The summed E-state index contributed by atoms with van der Waals surface area (Å²) in [7, 11) is -2.92. The summed E-state index contributed by atoms with van der Waals surface area (Å²) in [5.74, 6) is -2.70. The molecule has 1 spiro atoms. The number of alkyl halides is 2. The van der Waals surface area contributed by atoms with Crippen molar-refractivity contribution in [1.29, 1.82) is 0 Å². The van der Waals surface area contributed by atoms with E-state index in [4.69, 9.17) is 0 Å². The fourth-order valence-corrected chi connectivity index (χ4v) is 5.37. The standard InChI is InChI=1S/C24H30F2N6O3S/c1-16-12-17(14-18(13-16)31-10-6-24(25,26)7-11-31)28-22(33)20-21(29-19(15-27-20)30-36(34)35)32-8-4-23(2-3-23)5-9-32/h12-15,36H,2-11H2,1H3,(H,28,33)(H,29,30,34,35). The van der Waals surface area contributed by atoms with Gasteiger partial charge in [-0.2, -0.15) is 0 Å². The Morgan fingerprint density at radius 1 is 0.972 bits per heavy atom. The molecule has 12 heteroatoms. The van der Waals surface area contributed by atoms with E-state index >= 15 is 0 Å². The minimum atomic E-state index is -2.92. The van der Waals surface area contributed by atoms with E-state index in [0.717, 1.165) is 37.2 Å². The molecule has 1 aromatic heterocycles. The van der Waals surface area contributed by atoms with E-state index in [0.29, 0.717) is 16.9 Å².